The van der Waals surface area contributed by atoms with Gasteiger partial charge in [-0.15, -0.1) is 0 Å². The van der Waals surface area contributed by atoms with E-state index in [1.54, 1.807) is 0 Å². The molecule has 2 atom stereocenters. The van der Waals surface area contributed by atoms with Crippen LogP contribution in [0.2, 0.25) is 0 Å². The summed E-state index contributed by atoms with van der Waals surface area (Å²) in [5.74, 6) is 4.30. The predicted octanol–water partition coefficient (Wildman–Crippen LogP) is 5.29. The molecule has 2 aromatic rings. The summed E-state index contributed by atoms with van der Waals surface area (Å²) in [6, 6.07) is 12.9. The average Bonchev–Trinajstić information content (AvgIpc) is 2.94. The van der Waals surface area contributed by atoms with Crippen molar-refractivity contribution in [2.24, 2.45) is 11.8 Å². The largest absolute Gasteiger partial charge is 0.490 e. The van der Waals surface area contributed by atoms with E-state index in [1.165, 1.54) is 11.1 Å². The van der Waals surface area contributed by atoms with Crippen LogP contribution in [0, 0.1) is 11.8 Å². The Morgan fingerprint density at radius 3 is 1.20 bits per heavy atom. The molecule has 8 nitrogen and oxygen atoms in total. The molecule has 8 heteroatoms. The second kappa shape index (κ2) is 20.5. The molecular weight excluding hydrogens is 552 g/mol. The van der Waals surface area contributed by atoms with Crippen molar-refractivity contribution in [3.8, 4) is 23.0 Å². The minimum atomic E-state index is 0.482. The van der Waals surface area contributed by atoms with E-state index in [0.29, 0.717) is 38.3 Å². The fourth-order valence-corrected chi connectivity index (χ4v) is 4.70. The Kier molecular flexibility index (Phi) is 17.5. The van der Waals surface area contributed by atoms with E-state index >= 15 is 0 Å². The number of likely N-dealkylation sites (N-methyl/N-ethyl adjacent to an activating group) is 3. The predicted molar refractivity (Wildman–Crippen MR) is 184 cm³/mol. The lowest BCUT2D eigenvalue weighted by molar-refractivity contribution is 0.227. The summed E-state index contributed by atoms with van der Waals surface area (Å²) in [6.07, 6.45) is 4.10. The molecule has 0 N–H and O–H groups in total. The van der Waals surface area contributed by atoms with Crippen LogP contribution < -0.4 is 18.9 Å². The molecule has 0 fully saturated rings. The van der Waals surface area contributed by atoms with Gasteiger partial charge in [-0.25, -0.2) is 0 Å². The van der Waals surface area contributed by atoms with Crippen molar-refractivity contribution in [1.82, 2.24) is 19.6 Å². The summed E-state index contributed by atoms with van der Waals surface area (Å²) in [7, 11) is 16.6. The lowest BCUT2D eigenvalue weighted by atomic mass is 9.85. The minimum Gasteiger partial charge on any atom is -0.490 e. The van der Waals surface area contributed by atoms with E-state index in [-0.39, 0.29) is 0 Å². The van der Waals surface area contributed by atoms with Crippen LogP contribution in [0.4, 0.5) is 0 Å². The fourth-order valence-electron chi connectivity index (χ4n) is 4.70. The Bertz CT molecular complexity index is 1060. The lowest BCUT2D eigenvalue weighted by Gasteiger charge is -2.22. The molecule has 250 valence electrons. The molecule has 0 aliphatic carbocycles. The molecule has 0 saturated carbocycles. The van der Waals surface area contributed by atoms with Gasteiger partial charge in [0.2, 0.25) is 0 Å². The first-order valence-corrected chi connectivity index (χ1v) is 16.3. The second-order valence-corrected chi connectivity index (χ2v) is 13.2. The molecular formula is C36H62N4O4. The highest BCUT2D eigenvalue weighted by atomic mass is 16.5. The molecule has 0 aromatic heterocycles. The van der Waals surface area contributed by atoms with Crippen LogP contribution in [-0.2, 0) is 12.8 Å². The number of benzene rings is 2. The average molecular weight is 615 g/mol. The molecule has 0 spiro atoms. The van der Waals surface area contributed by atoms with Crippen molar-refractivity contribution >= 4 is 0 Å². The number of rotatable bonds is 23. The van der Waals surface area contributed by atoms with Crippen LogP contribution in [-0.4, -0.2) is 129 Å². The third-order valence-electron chi connectivity index (χ3n) is 7.75. The minimum absolute atomic E-state index is 0.482. The van der Waals surface area contributed by atoms with Gasteiger partial charge in [0, 0.05) is 19.6 Å². The van der Waals surface area contributed by atoms with Gasteiger partial charge in [-0.1, -0.05) is 26.0 Å². The van der Waals surface area contributed by atoms with Crippen LogP contribution in [0.1, 0.15) is 37.8 Å². The maximum atomic E-state index is 6.23. The van der Waals surface area contributed by atoms with Crippen molar-refractivity contribution in [3.63, 3.8) is 0 Å². The van der Waals surface area contributed by atoms with Gasteiger partial charge in [-0.05, 0) is 136 Å². The summed E-state index contributed by atoms with van der Waals surface area (Å²) in [5.41, 5.74) is 2.55. The zero-order valence-electron chi connectivity index (χ0n) is 29.5. The third-order valence-corrected chi connectivity index (χ3v) is 7.75. The highest BCUT2D eigenvalue weighted by Gasteiger charge is 2.17. The zero-order chi connectivity index (χ0) is 32.5. The Labute approximate surface area is 269 Å². The molecule has 0 amide bonds. The van der Waals surface area contributed by atoms with Gasteiger partial charge in [0.15, 0.2) is 23.0 Å². The highest BCUT2D eigenvalue weighted by Crippen LogP contribution is 2.33. The summed E-state index contributed by atoms with van der Waals surface area (Å²) in [4.78, 5) is 8.60. The first-order valence-electron chi connectivity index (χ1n) is 16.3. The number of unbranched alkanes of at least 4 members (excludes halogenated alkanes) is 1. The number of nitrogens with zero attached hydrogens (tertiary/aromatic N) is 4. The second-order valence-electron chi connectivity index (χ2n) is 13.2. The first kappa shape index (κ1) is 37.7. The summed E-state index contributed by atoms with van der Waals surface area (Å²) < 4.78 is 24.7. The Hall–Kier alpha value is -2.52. The summed E-state index contributed by atoms with van der Waals surface area (Å²) in [6.45, 7) is 10.9. The van der Waals surface area contributed by atoms with Gasteiger partial charge in [-0.2, -0.15) is 0 Å². The van der Waals surface area contributed by atoms with Crippen LogP contribution in [0.5, 0.6) is 23.0 Å². The van der Waals surface area contributed by atoms with Gasteiger partial charge in [0.1, 0.15) is 19.8 Å². The summed E-state index contributed by atoms with van der Waals surface area (Å²) in [5, 5.41) is 0. The monoisotopic (exact) mass is 614 g/mol. The van der Waals surface area contributed by atoms with E-state index in [0.717, 1.165) is 74.9 Å². The Morgan fingerprint density at radius 1 is 0.455 bits per heavy atom. The van der Waals surface area contributed by atoms with Gasteiger partial charge < -0.3 is 38.5 Å². The molecule has 2 rings (SSSR count). The maximum Gasteiger partial charge on any atom is 0.161 e. The van der Waals surface area contributed by atoms with E-state index in [1.807, 2.05) is 0 Å². The van der Waals surface area contributed by atoms with Crippen molar-refractivity contribution in [2.45, 2.75) is 39.5 Å². The van der Waals surface area contributed by atoms with E-state index in [9.17, 15) is 0 Å². The van der Waals surface area contributed by atoms with Crippen LogP contribution in [0.3, 0.4) is 0 Å². The van der Waals surface area contributed by atoms with Crippen molar-refractivity contribution in [3.05, 3.63) is 47.5 Å². The topological polar surface area (TPSA) is 49.9 Å². The molecule has 0 saturated heterocycles. The molecule has 2 aromatic carbocycles. The number of hydrogen-bond donors (Lipinski definition) is 0. The number of hydrogen-bond acceptors (Lipinski definition) is 8. The SMILES string of the molecule is C[C@H](Cc1ccc(OCCCCN(C)C)c(OCCN(C)C)c1)[C@@H](C)Cc1ccc(OCCN(C)C)c(OCCN(C)C)c1. The molecule has 0 bridgehead atoms. The third kappa shape index (κ3) is 15.5. The Balaban J connectivity index is 2.07. The lowest BCUT2D eigenvalue weighted by Crippen LogP contribution is -2.21. The quantitative estimate of drug-likeness (QED) is 0.157. The van der Waals surface area contributed by atoms with Crippen molar-refractivity contribution in [2.75, 3.05) is 109 Å². The van der Waals surface area contributed by atoms with Gasteiger partial charge in [-0.3, -0.25) is 0 Å². The molecule has 0 aliphatic heterocycles. The van der Waals surface area contributed by atoms with E-state index < -0.39 is 0 Å². The Morgan fingerprint density at radius 2 is 0.818 bits per heavy atom. The number of ether oxygens (including phenoxy) is 4. The standard InChI is InChI=1S/C36H62N4O4/c1-29(25-31-13-15-33(41-21-12-11-17-37(3)4)35(27-31)43-23-19-39(7)8)30(2)26-32-14-16-34(42-22-18-38(5)6)36(28-32)44-24-20-40(9)10/h13-16,27-30H,11-12,17-26H2,1-10H3/t29-,30+/m1/s1. The molecule has 0 unspecified atom stereocenters. The normalized spacial score (nSPS) is 13.1. The van der Waals surface area contributed by atoms with Gasteiger partial charge in [0.05, 0.1) is 6.61 Å². The van der Waals surface area contributed by atoms with Crippen LogP contribution >= 0.6 is 0 Å². The molecule has 0 radical (unpaired) electrons. The first-order chi connectivity index (χ1) is 20.9. The zero-order valence-corrected chi connectivity index (χ0v) is 29.5. The van der Waals surface area contributed by atoms with Crippen LogP contribution in [0.25, 0.3) is 0 Å². The van der Waals surface area contributed by atoms with Gasteiger partial charge >= 0.3 is 0 Å². The van der Waals surface area contributed by atoms with Crippen LogP contribution in [0.15, 0.2) is 36.4 Å². The maximum absolute atomic E-state index is 6.23. The van der Waals surface area contributed by atoms with E-state index in [2.05, 4.69) is 126 Å². The van der Waals surface area contributed by atoms with Crippen molar-refractivity contribution < 1.29 is 18.9 Å². The smallest absolute Gasteiger partial charge is 0.161 e. The molecule has 0 heterocycles. The molecule has 0 aliphatic rings. The fraction of sp³-hybridized carbons (Fsp3) is 0.667. The highest BCUT2D eigenvalue weighted by molar-refractivity contribution is 5.44. The molecule has 44 heavy (non-hydrogen) atoms. The van der Waals surface area contributed by atoms with E-state index in [4.69, 9.17) is 18.9 Å². The van der Waals surface area contributed by atoms with Crippen molar-refractivity contribution in [1.29, 1.82) is 0 Å². The van der Waals surface area contributed by atoms with Gasteiger partial charge in [0.25, 0.3) is 0 Å². The summed E-state index contributed by atoms with van der Waals surface area (Å²) >= 11 is 0.